The Bertz CT molecular complexity index is 630. The van der Waals surface area contributed by atoms with E-state index in [2.05, 4.69) is 20.6 Å². The zero-order valence-electron chi connectivity index (χ0n) is 11.2. The van der Waals surface area contributed by atoms with Gasteiger partial charge in [-0.05, 0) is 12.1 Å². The lowest BCUT2D eigenvalue weighted by Gasteiger charge is -2.40. The molecule has 0 bridgehead atoms. The topological polar surface area (TPSA) is 70.2 Å². The maximum Gasteiger partial charge on any atom is 0.319 e. The second-order valence-electron chi connectivity index (χ2n) is 4.74. The number of halogens is 1. The summed E-state index contributed by atoms with van der Waals surface area (Å²) in [5.74, 6) is 0.326. The SMILES string of the molecule is O=C(Nc1ccccc1F)NC1CN(c2cnccn2)C1. The summed E-state index contributed by atoms with van der Waals surface area (Å²) in [4.78, 5) is 21.9. The molecule has 0 unspecified atom stereocenters. The molecule has 0 aliphatic carbocycles. The van der Waals surface area contributed by atoms with E-state index in [-0.39, 0.29) is 11.7 Å². The summed E-state index contributed by atoms with van der Waals surface area (Å²) in [6.45, 7) is 1.31. The minimum atomic E-state index is -0.456. The molecule has 1 aromatic carbocycles. The highest BCUT2D eigenvalue weighted by molar-refractivity contribution is 5.89. The van der Waals surface area contributed by atoms with Crippen LogP contribution in [0, 0.1) is 5.82 Å². The Morgan fingerprint density at radius 1 is 1.29 bits per heavy atom. The summed E-state index contributed by atoms with van der Waals surface area (Å²) in [7, 11) is 0. The van der Waals surface area contributed by atoms with Crippen LogP contribution >= 0.6 is 0 Å². The second kappa shape index (κ2) is 5.74. The van der Waals surface area contributed by atoms with Gasteiger partial charge >= 0.3 is 6.03 Å². The number of aromatic nitrogens is 2. The molecule has 1 aromatic heterocycles. The van der Waals surface area contributed by atoms with Crippen molar-refractivity contribution in [3.63, 3.8) is 0 Å². The van der Waals surface area contributed by atoms with Gasteiger partial charge in [0, 0.05) is 25.5 Å². The zero-order valence-corrected chi connectivity index (χ0v) is 11.2. The van der Waals surface area contributed by atoms with Crippen LogP contribution in [0.5, 0.6) is 0 Å². The van der Waals surface area contributed by atoms with Gasteiger partial charge in [-0.2, -0.15) is 0 Å². The van der Waals surface area contributed by atoms with Gasteiger partial charge in [-0.15, -0.1) is 0 Å². The molecule has 7 heteroatoms. The number of carbonyl (C=O) groups excluding carboxylic acids is 1. The van der Waals surface area contributed by atoms with Crippen molar-refractivity contribution in [3.8, 4) is 0 Å². The van der Waals surface area contributed by atoms with Gasteiger partial charge in [-0.3, -0.25) is 4.98 Å². The highest BCUT2D eigenvalue weighted by Gasteiger charge is 2.29. The van der Waals surface area contributed by atoms with Crippen LogP contribution in [0.2, 0.25) is 0 Å². The Morgan fingerprint density at radius 2 is 2.10 bits per heavy atom. The molecule has 0 saturated carbocycles. The lowest BCUT2D eigenvalue weighted by Crippen LogP contribution is -2.60. The van der Waals surface area contributed by atoms with E-state index in [9.17, 15) is 9.18 Å². The minimum Gasteiger partial charge on any atom is -0.351 e. The van der Waals surface area contributed by atoms with E-state index in [4.69, 9.17) is 0 Å². The standard InChI is InChI=1S/C14H14FN5O/c15-11-3-1-2-4-12(11)19-14(21)18-10-8-20(9-10)13-7-16-5-6-17-13/h1-7,10H,8-9H2,(H2,18,19,21). The number of hydrogen-bond donors (Lipinski definition) is 2. The van der Waals surface area contributed by atoms with E-state index in [1.165, 1.54) is 12.1 Å². The molecule has 1 fully saturated rings. The molecule has 108 valence electrons. The summed E-state index contributed by atoms with van der Waals surface area (Å²) in [5.41, 5.74) is 0.167. The lowest BCUT2D eigenvalue weighted by molar-refractivity contribution is 0.245. The lowest BCUT2D eigenvalue weighted by atomic mass is 10.1. The van der Waals surface area contributed by atoms with E-state index in [1.807, 2.05) is 4.90 Å². The highest BCUT2D eigenvalue weighted by Crippen LogP contribution is 2.17. The van der Waals surface area contributed by atoms with Crippen LogP contribution in [0.3, 0.4) is 0 Å². The zero-order chi connectivity index (χ0) is 14.7. The summed E-state index contributed by atoms with van der Waals surface area (Å²) in [5, 5.41) is 5.28. The number of nitrogens with zero attached hydrogens (tertiary/aromatic N) is 3. The summed E-state index contributed by atoms with van der Waals surface area (Å²) < 4.78 is 13.4. The molecule has 21 heavy (non-hydrogen) atoms. The van der Waals surface area contributed by atoms with Gasteiger partial charge in [0.2, 0.25) is 0 Å². The number of para-hydroxylation sites is 1. The van der Waals surface area contributed by atoms with Gasteiger partial charge in [0.25, 0.3) is 0 Å². The molecule has 0 radical (unpaired) electrons. The van der Waals surface area contributed by atoms with Gasteiger partial charge in [0.1, 0.15) is 11.6 Å². The number of benzene rings is 1. The number of carbonyl (C=O) groups is 1. The Balaban J connectivity index is 1.49. The number of hydrogen-bond acceptors (Lipinski definition) is 4. The van der Waals surface area contributed by atoms with Gasteiger partial charge in [-0.25, -0.2) is 14.2 Å². The van der Waals surface area contributed by atoms with E-state index in [0.29, 0.717) is 13.1 Å². The molecule has 1 aliphatic rings. The van der Waals surface area contributed by atoms with Crippen molar-refractivity contribution in [2.75, 3.05) is 23.3 Å². The van der Waals surface area contributed by atoms with Gasteiger partial charge in [-0.1, -0.05) is 12.1 Å². The van der Waals surface area contributed by atoms with Crippen LogP contribution in [0.25, 0.3) is 0 Å². The van der Waals surface area contributed by atoms with Crippen molar-refractivity contribution in [2.24, 2.45) is 0 Å². The smallest absolute Gasteiger partial charge is 0.319 e. The van der Waals surface area contributed by atoms with Crippen molar-refractivity contribution >= 4 is 17.5 Å². The number of urea groups is 1. The largest absolute Gasteiger partial charge is 0.351 e. The Kier molecular flexibility index (Phi) is 3.63. The molecule has 6 nitrogen and oxygen atoms in total. The van der Waals surface area contributed by atoms with Crippen molar-refractivity contribution in [1.29, 1.82) is 0 Å². The Labute approximate surface area is 121 Å². The monoisotopic (exact) mass is 287 g/mol. The first-order chi connectivity index (χ1) is 10.2. The quantitative estimate of drug-likeness (QED) is 0.900. The second-order valence-corrected chi connectivity index (χ2v) is 4.74. The van der Waals surface area contributed by atoms with Crippen LogP contribution < -0.4 is 15.5 Å². The normalized spacial score (nSPS) is 14.4. The summed E-state index contributed by atoms with van der Waals surface area (Å²) >= 11 is 0. The number of amides is 2. The fourth-order valence-electron chi connectivity index (χ4n) is 2.12. The fraction of sp³-hybridized carbons (Fsp3) is 0.214. The first-order valence-electron chi connectivity index (χ1n) is 6.55. The molecule has 2 aromatic rings. The van der Waals surface area contributed by atoms with Gasteiger partial charge in [0.15, 0.2) is 0 Å². The molecule has 2 heterocycles. The summed E-state index contributed by atoms with van der Waals surface area (Å²) in [6, 6.07) is 5.65. The maximum atomic E-state index is 13.4. The van der Waals surface area contributed by atoms with Crippen molar-refractivity contribution in [3.05, 3.63) is 48.7 Å². The number of nitrogens with one attached hydrogen (secondary N) is 2. The molecule has 1 aliphatic heterocycles. The summed E-state index contributed by atoms with van der Waals surface area (Å²) in [6.07, 6.45) is 4.91. The number of anilines is 2. The molecule has 0 spiro atoms. The van der Waals surface area contributed by atoms with Crippen LogP contribution in [0.4, 0.5) is 20.7 Å². The molecule has 3 rings (SSSR count). The van der Waals surface area contributed by atoms with Crippen molar-refractivity contribution in [1.82, 2.24) is 15.3 Å². The molecular weight excluding hydrogens is 273 g/mol. The maximum absolute atomic E-state index is 13.4. The Hall–Kier alpha value is -2.70. The average molecular weight is 287 g/mol. The molecule has 2 N–H and O–H groups in total. The first kappa shape index (κ1) is 13.3. The van der Waals surface area contributed by atoms with Gasteiger partial charge in [0.05, 0.1) is 17.9 Å². The van der Waals surface area contributed by atoms with Crippen molar-refractivity contribution < 1.29 is 9.18 Å². The fourth-order valence-corrected chi connectivity index (χ4v) is 2.12. The Morgan fingerprint density at radius 3 is 2.81 bits per heavy atom. The molecular formula is C14H14FN5O. The first-order valence-corrected chi connectivity index (χ1v) is 6.55. The predicted octanol–water partition coefficient (Wildman–Crippen LogP) is 1.63. The molecule has 0 atom stereocenters. The third kappa shape index (κ3) is 3.07. The van der Waals surface area contributed by atoms with E-state index in [1.54, 1.807) is 30.7 Å². The van der Waals surface area contributed by atoms with Crippen LogP contribution in [0.15, 0.2) is 42.9 Å². The minimum absolute atomic E-state index is 0.0128. The van der Waals surface area contributed by atoms with Crippen LogP contribution in [-0.2, 0) is 0 Å². The van der Waals surface area contributed by atoms with Crippen molar-refractivity contribution in [2.45, 2.75) is 6.04 Å². The molecule has 1 saturated heterocycles. The number of rotatable bonds is 3. The third-order valence-electron chi connectivity index (χ3n) is 3.21. The van der Waals surface area contributed by atoms with Crippen LogP contribution in [0.1, 0.15) is 0 Å². The predicted molar refractivity (Wildman–Crippen MR) is 76.6 cm³/mol. The van der Waals surface area contributed by atoms with E-state index in [0.717, 1.165) is 5.82 Å². The van der Waals surface area contributed by atoms with E-state index >= 15 is 0 Å². The van der Waals surface area contributed by atoms with E-state index < -0.39 is 11.8 Å². The third-order valence-corrected chi connectivity index (χ3v) is 3.21. The highest BCUT2D eigenvalue weighted by atomic mass is 19.1. The molecule has 2 amide bonds. The average Bonchev–Trinajstić information content (AvgIpc) is 2.46. The van der Waals surface area contributed by atoms with Crippen LogP contribution in [-0.4, -0.2) is 35.1 Å². The van der Waals surface area contributed by atoms with Gasteiger partial charge < -0.3 is 15.5 Å².